The summed E-state index contributed by atoms with van der Waals surface area (Å²) in [5.74, 6) is -2.00. The fourth-order valence-corrected chi connectivity index (χ4v) is 1.41. The van der Waals surface area contributed by atoms with Crippen molar-refractivity contribution >= 4 is 11.9 Å². The van der Waals surface area contributed by atoms with Gasteiger partial charge in [0.1, 0.15) is 0 Å². The average molecular weight is 196 g/mol. The maximum Gasteiger partial charge on any atom is 0.332 e. The largest absolute Gasteiger partial charge is 0.478 e. The van der Waals surface area contributed by atoms with E-state index in [0.29, 0.717) is 11.1 Å². The van der Waals surface area contributed by atoms with Crippen LogP contribution in [0.4, 0.5) is 0 Å². The van der Waals surface area contributed by atoms with Gasteiger partial charge in [0.2, 0.25) is 0 Å². The van der Waals surface area contributed by atoms with Crippen LogP contribution in [-0.2, 0) is 9.59 Å². The summed E-state index contributed by atoms with van der Waals surface area (Å²) in [6.45, 7) is 4.97. The van der Waals surface area contributed by atoms with E-state index in [4.69, 9.17) is 10.2 Å². The molecule has 76 valence electrons. The second-order valence-corrected chi connectivity index (χ2v) is 3.85. The normalized spacial score (nSPS) is 19.5. The Morgan fingerprint density at radius 1 is 1.29 bits per heavy atom. The van der Waals surface area contributed by atoms with Crippen molar-refractivity contribution in [3.05, 3.63) is 22.8 Å². The van der Waals surface area contributed by atoms with Gasteiger partial charge in [0.25, 0.3) is 0 Å². The van der Waals surface area contributed by atoms with E-state index in [9.17, 15) is 9.59 Å². The molecule has 0 heterocycles. The van der Waals surface area contributed by atoms with Gasteiger partial charge in [-0.1, -0.05) is 13.8 Å². The van der Waals surface area contributed by atoms with E-state index in [-0.39, 0.29) is 5.57 Å². The first kappa shape index (κ1) is 10.5. The predicted molar refractivity (Wildman–Crippen MR) is 49.8 cm³/mol. The van der Waals surface area contributed by atoms with Crippen molar-refractivity contribution in [1.29, 1.82) is 0 Å². The smallest absolute Gasteiger partial charge is 0.332 e. The number of hydrogen-bond donors (Lipinski definition) is 2. The summed E-state index contributed by atoms with van der Waals surface area (Å²) in [5.41, 5.74) is 0.579. The van der Waals surface area contributed by atoms with Gasteiger partial charge in [-0.05, 0) is 18.6 Å². The predicted octanol–water partition coefficient (Wildman–Crippen LogP) is 1.44. The van der Waals surface area contributed by atoms with Gasteiger partial charge in [0.05, 0.1) is 5.57 Å². The Kier molecular flexibility index (Phi) is 2.23. The van der Waals surface area contributed by atoms with Crippen LogP contribution in [0.2, 0.25) is 0 Å². The second kappa shape index (κ2) is 2.97. The van der Waals surface area contributed by atoms with Gasteiger partial charge in [0, 0.05) is 11.0 Å². The van der Waals surface area contributed by atoms with Crippen LogP contribution in [-0.4, -0.2) is 22.2 Å². The van der Waals surface area contributed by atoms with Crippen LogP contribution in [0.25, 0.3) is 0 Å². The molecule has 4 nitrogen and oxygen atoms in total. The number of rotatable bonds is 3. The molecule has 0 atom stereocenters. The second-order valence-electron chi connectivity index (χ2n) is 3.85. The molecule has 0 spiro atoms. The van der Waals surface area contributed by atoms with Gasteiger partial charge < -0.3 is 10.2 Å². The minimum absolute atomic E-state index is 0.157. The Hall–Kier alpha value is -1.58. The zero-order chi connectivity index (χ0) is 11.1. The molecule has 0 aromatic heterocycles. The molecule has 0 fully saturated rings. The molecule has 0 bridgehead atoms. The monoisotopic (exact) mass is 196 g/mol. The highest BCUT2D eigenvalue weighted by molar-refractivity contribution is 5.98. The van der Waals surface area contributed by atoms with E-state index in [0.717, 1.165) is 0 Å². The molecule has 0 amide bonds. The molecule has 0 saturated heterocycles. The number of aliphatic carboxylic acids is 2. The first-order valence-electron chi connectivity index (χ1n) is 4.18. The summed E-state index contributed by atoms with van der Waals surface area (Å²) < 4.78 is 0. The maximum absolute atomic E-state index is 10.7. The fourth-order valence-electron chi connectivity index (χ4n) is 1.41. The van der Waals surface area contributed by atoms with E-state index >= 15 is 0 Å². The third kappa shape index (κ3) is 1.55. The first-order chi connectivity index (χ1) is 6.28. The average Bonchev–Trinajstić information content (AvgIpc) is 2.52. The van der Waals surface area contributed by atoms with Crippen molar-refractivity contribution in [3.8, 4) is 0 Å². The van der Waals surface area contributed by atoms with E-state index < -0.39 is 17.4 Å². The van der Waals surface area contributed by atoms with Gasteiger partial charge >= 0.3 is 11.9 Å². The molecule has 14 heavy (non-hydrogen) atoms. The molecule has 0 radical (unpaired) electrons. The molecule has 4 heteroatoms. The lowest BCUT2D eigenvalue weighted by Gasteiger charge is -2.00. The fraction of sp³-hybridized carbons (Fsp3) is 0.400. The molecule has 0 saturated carbocycles. The lowest BCUT2D eigenvalue weighted by molar-refractivity contribution is -0.133. The first-order valence-corrected chi connectivity index (χ1v) is 4.18. The summed E-state index contributed by atoms with van der Waals surface area (Å²) in [5, 5.41) is 17.4. The van der Waals surface area contributed by atoms with Gasteiger partial charge in [-0.25, -0.2) is 9.59 Å². The zero-order valence-corrected chi connectivity index (χ0v) is 8.29. The van der Waals surface area contributed by atoms with Crippen LogP contribution in [0.1, 0.15) is 20.8 Å². The molecule has 0 aliphatic heterocycles. The van der Waals surface area contributed by atoms with Crippen LogP contribution < -0.4 is 0 Å². The number of carboxylic acid groups (broad SMARTS) is 2. The van der Waals surface area contributed by atoms with Crippen molar-refractivity contribution < 1.29 is 19.8 Å². The van der Waals surface area contributed by atoms with E-state index in [1.165, 1.54) is 13.0 Å². The third-order valence-electron chi connectivity index (χ3n) is 2.42. The van der Waals surface area contributed by atoms with Crippen LogP contribution >= 0.6 is 0 Å². The SMILES string of the molecule is C/C(=C\C1=C(C(=O)O)C1(C)C)C(=O)O. The highest BCUT2D eigenvalue weighted by Crippen LogP contribution is 2.53. The van der Waals surface area contributed by atoms with Gasteiger partial charge in [-0.3, -0.25) is 0 Å². The van der Waals surface area contributed by atoms with E-state index in [1.807, 2.05) is 0 Å². The molecule has 2 N–H and O–H groups in total. The summed E-state index contributed by atoms with van der Waals surface area (Å²) >= 11 is 0. The molecule has 0 unspecified atom stereocenters. The van der Waals surface area contributed by atoms with Crippen molar-refractivity contribution in [1.82, 2.24) is 0 Å². The summed E-state index contributed by atoms with van der Waals surface area (Å²) in [7, 11) is 0. The minimum atomic E-state index is -1.02. The van der Waals surface area contributed by atoms with Gasteiger partial charge in [-0.2, -0.15) is 0 Å². The van der Waals surface area contributed by atoms with Crippen molar-refractivity contribution in [2.75, 3.05) is 0 Å². The molecule has 0 aromatic rings. The lowest BCUT2D eigenvalue weighted by atomic mass is 10.0. The molecule has 1 aliphatic carbocycles. The highest BCUT2D eigenvalue weighted by Gasteiger charge is 2.48. The quantitative estimate of drug-likeness (QED) is 0.670. The molecular weight excluding hydrogens is 184 g/mol. The highest BCUT2D eigenvalue weighted by atomic mass is 16.4. The standard InChI is InChI=1S/C10H12O4/c1-5(8(11)12)4-6-7(9(13)14)10(6,2)3/h4H,1-3H3,(H,11,12)(H,13,14)/b5-4+. The number of carboxylic acids is 2. The topological polar surface area (TPSA) is 74.6 Å². The van der Waals surface area contributed by atoms with Crippen LogP contribution in [0.3, 0.4) is 0 Å². The van der Waals surface area contributed by atoms with Gasteiger partial charge in [-0.15, -0.1) is 0 Å². The van der Waals surface area contributed by atoms with Gasteiger partial charge in [0.15, 0.2) is 0 Å². The Morgan fingerprint density at radius 3 is 2.07 bits per heavy atom. The number of hydrogen-bond acceptors (Lipinski definition) is 2. The molecular formula is C10H12O4. The molecule has 1 aliphatic rings. The lowest BCUT2D eigenvalue weighted by Crippen LogP contribution is -2.01. The van der Waals surface area contributed by atoms with Crippen molar-refractivity contribution in [2.24, 2.45) is 5.41 Å². The minimum Gasteiger partial charge on any atom is -0.478 e. The summed E-state index contributed by atoms with van der Waals surface area (Å²) in [6.07, 6.45) is 1.42. The third-order valence-corrected chi connectivity index (χ3v) is 2.42. The molecule has 1 rings (SSSR count). The number of allylic oxidation sites excluding steroid dienone is 2. The Labute approximate surface area is 81.6 Å². The number of carbonyl (C=O) groups is 2. The van der Waals surface area contributed by atoms with Crippen LogP contribution in [0.15, 0.2) is 22.8 Å². The Morgan fingerprint density at radius 2 is 1.79 bits per heavy atom. The summed E-state index contributed by atoms with van der Waals surface area (Å²) in [6, 6.07) is 0. The summed E-state index contributed by atoms with van der Waals surface area (Å²) in [4.78, 5) is 21.2. The van der Waals surface area contributed by atoms with Crippen molar-refractivity contribution in [2.45, 2.75) is 20.8 Å². The maximum atomic E-state index is 10.7. The van der Waals surface area contributed by atoms with E-state index in [2.05, 4.69) is 0 Å². The Bertz CT molecular complexity index is 372. The zero-order valence-electron chi connectivity index (χ0n) is 8.29. The van der Waals surface area contributed by atoms with Crippen LogP contribution in [0.5, 0.6) is 0 Å². The molecule has 0 aromatic carbocycles. The van der Waals surface area contributed by atoms with Crippen LogP contribution in [0, 0.1) is 5.41 Å². The Balaban J connectivity index is 2.97. The van der Waals surface area contributed by atoms with E-state index in [1.54, 1.807) is 13.8 Å². The van der Waals surface area contributed by atoms with Crippen molar-refractivity contribution in [3.63, 3.8) is 0 Å².